The Kier molecular flexibility index (Phi) is 21.1. The van der Waals surface area contributed by atoms with E-state index in [-0.39, 0.29) is 9.32 Å². The predicted octanol–water partition coefficient (Wildman–Crippen LogP) is 7.47. The maximum absolute atomic E-state index is 11.3. The molecule has 0 spiro atoms. The van der Waals surface area contributed by atoms with Crippen LogP contribution in [0.3, 0.4) is 0 Å². The van der Waals surface area contributed by atoms with E-state index in [2.05, 4.69) is 6.92 Å². The number of aromatic hydroxyl groups is 1. The lowest BCUT2D eigenvalue weighted by Crippen LogP contribution is -1.99. The van der Waals surface area contributed by atoms with Crippen LogP contribution in [0.2, 0.25) is 0 Å². The van der Waals surface area contributed by atoms with Crippen molar-refractivity contribution in [2.75, 3.05) is 6.61 Å². The second kappa shape index (κ2) is 21.5. The maximum Gasteiger partial charge on any atom is 0.466 e. The third-order valence-corrected chi connectivity index (χ3v) is 7.32. The average Bonchev–Trinajstić information content (AvgIpc) is 2.74. The fourth-order valence-electron chi connectivity index (χ4n) is 3.60. The number of hydrogen-bond acceptors (Lipinski definition) is 5. The second-order valence-corrected chi connectivity index (χ2v) is 11.8. The first-order valence-electron chi connectivity index (χ1n) is 12.4. The highest BCUT2D eigenvalue weighted by atomic mass is 127. The van der Waals surface area contributed by atoms with Crippen molar-refractivity contribution in [3.63, 3.8) is 0 Å². The van der Waals surface area contributed by atoms with Gasteiger partial charge in [-0.25, -0.2) is 10.7 Å². The number of halogens is 1. The molecule has 1 aromatic rings. The molecule has 4 N–H and O–H groups in total. The molecule has 0 unspecified atom stereocenters. The van der Waals surface area contributed by atoms with Gasteiger partial charge in [-0.05, 0) is 18.6 Å². The SMILES string of the molecule is CCCCCCCCCCCCCCCCCCOc1cccc(O)c1I(=O)=O.O=P(O)(O)O. The molecular weight excluding hydrogens is 574 g/mol. The molecule has 0 fully saturated rings. The summed E-state index contributed by atoms with van der Waals surface area (Å²) in [6, 6.07) is 4.61. The van der Waals surface area contributed by atoms with E-state index >= 15 is 0 Å². The van der Waals surface area contributed by atoms with Gasteiger partial charge in [0.1, 0.15) is 11.5 Å². The number of unbranched alkanes of at least 4 members (excludes halogenated alkanes) is 15. The van der Waals surface area contributed by atoms with E-state index in [0.717, 1.165) is 12.8 Å². The van der Waals surface area contributed by atoms with Gasteiger partial charge in [-0.15, -0.1) is 0 Å². The summed E-state index contributed by atoms with van der Waals surface area (Å²) in [6.45, 7) is 2.77. The summed E-state index contributed by atoms with van der Waals surface area (Å²) < 4.78 is 37.1. The molecule has 0 saturated heterocycles. The number of phenols is 1. The Morgan fingerprint density at radius 1 is 0.735 bits per heavy atom. The van der Waals surface area contributed by atoms with Crippen LogP contribution in [0.5, 0.6) is 11.5 Å². The maximum atomic E-state index is 11.3. The first-order chi connectivity index (χ1) is 16.2. The summed E-state index contributed by atoms with van der Waals surface area (Å²) in [4.78, 5) is 21.6. The monoisotopic (exact) mass is 618 g/mol. The first kappa shape index (κ1) is 33.3. The largest absolute Gasteiger partial charge is 0.507 e. The van der Waals surface area contributed by atoms with Crippen molar-refractivity contribution in [3.05, 3.63) is 21.8 Å². The Bertz CT molecular complexity index is 732. The van der Waals surface area contributed by atoms with Gasteiger partial charge in [0.25, 0.3) is 0 Å². The smallest absolute Gasteiger partial charge is 0.466 e. The Morgan fingerprint density at radius 2 is 1.12 bits per heavy atom. The zero-order valence-corrected chi connectivity index (χ0v) is 23.6. The summed E-state index contributed by atoms with van der Waals surface area (Å²) in [5.74, 6) is 0.0887. The molecule has 0 radical (unpaired) electrons. The lowest BCUT2D eigenvalue weighted by Gasteiger charge is -2.08. The Hall–Kier alpha value is -0.740. The van der Waals surface area contributed by atoms with Crippen molar-refractivity contribution >= 4 is 27.6 Å². The highest BCUT2D eigenvalue weighted by Crippen LogP contribution is 2.35. The van der Waals surface area contributed by atoms with E-state index < -0.39 is 27.6 Å². The van der Waals surface area contributed by atoms with Gasteiger partial charge in [0.05, 0.1) is 6.61 Å². The normalized spacial score (nSPS) is 11.3. The minimum Gasteiger partial charge on any atom is -0.507 e. The number of ether oxygens (including phenoxy) is 1. The number of phenolic OH excluding ortho intramolecular Hbond substituents is 1. The van der Waals surface area contributed by atoms with E-state index in [0.29, 0.717) is 12.4 Å². The van der Waals surface area contributed by atoms with Crippen molar-refractivity contribution in [2.24, 2.45) is 0 Å². The van der Waals surface area contributed by atoms with Crippen molar-refractivity contribution < 1.29 is 35.2 Å². The predicted molar refractivity (Wildman–Crippen MR) is 142 cm³/mol. The Balaban J connectivity index is 0.00000196. The van der Waals surface area contributed by atoms with Crippen LogP contribution in [-0.2, 0) is 10.7 Å². The summed E-state index contributed by atoms with van der Waals surface area (Å²) in [5, 5.41) is 9.66. The van der Waals surface area contributed by atoms with Gasteiger partial charge in [-0.1, -0.05) is 109 Å². The molecule has 1 aromatic carbocycles. The third kappa shape index (κ3) is 21.8. The highest BCUT2D eigenvalue weighted by molar-refractivity contribution is 14.2. The highest BCUT2D eigenvalue weighted by Gasteiger charge is 2.13. The minimum absolute atomic E-state index is 0.0202. The molecule has 0 atom stereocenters. The summed E-state index contributed by atoms with van der Waals surface area (Å²) >= 11 is -3.75. The van der Waals surface area contributed by atoms with Crippen molar-refractivity contribution in [1.82, 2.24) is 0 Å². The zero-order valence-electron chi connectivity index (χ0n) is 20.5. The molecule has 34 heavy (non-hydrogen) atoms. The van der Waals surface area contributed by atoms with Crippen LogP contribution < -0.4 is 4.74 Å². The fraction of sp³-hybridized carbons (Fsp3) is 0.750. The molecule has 0 aliphatic heterocycles. The van der Waals surface area contributed by atoms with Gasteiger partial charge in [0, 0.05) is 0 Å². The number of phosphoric acid groups is 1. The molecule has 0 aliphatic rings. The van der Waals surface area contributed by atoms with Crippen molar-refractivity contribution in [3.8, 4) is 11.5 Å². The molecule has 0 aromatic heterocycles. The molecule has 0 bridgehead atoms. The zero-order chi connectivity index (χ0) is 25.7. The number of rotatable bonds is 19. The molecule has 0 aliphatic carbocycles. The average molecular weight is 618 g/mol. The topological polar surface area (TPSA) is 141 Å². The minimum atomic E-state index is -4.64. The van der Waals surface area contributed by atoms with Crippen LogP contribution in [0.15, 0.2) is 18.2 Å². The van der Waals surface area contributed by atoms with E-state index in [1.807, 2.05) is 0 Å². The Labute approximate surface area is 211 Å². The lowest BCUT2D eigenvalue weighted by molar-refractivity contribution is 0.275. The quantitative estimate of drug-likeness (QED) is 0.0711. The van der Waals surface area contributed by atoms with E-state index in [9.17, 15) is 11.2 Å². The molecule has 10 heteroatoms. The Morgan fingerprint density at radius 3 is 1.50 bits per heavy atom. The fourth-order valence-corrected chi connectivity index (χ4v) is 5.00. The summed E-state index contributed by atoms with van der Waals surface area (Å²) in [7, 11) is -4.64. The molecule has 0 heterocycles. The molecule has 200 valence electrons. The van der Waals surface area contributed by atoms with Crippen LogP contribution in [0, 0.1) is 3.57 Å². The first-order valence-corrected chi connectivity index (χ1v) is 16.9. The molecule has 8 nitrogen and oxygen atoms in total. The van der Waals surface area contributed by atoms with Crippen molar-refractivity contribution in [1.29, 1.82) is 0 Å². The standard InChI is InChI=1S/C24H41IO4.H3O4P/c1-2-3-4-5-6-7-8-9-10-11-12-13-14-15-16-17-21-29-23-20-18-19-22(26)24(23)25(27)28;1-5(2,3)4/h18-20,26H,2-17,21H2,1H3;(H3,1,2,3,4). The number of benzene rings is 1. The van der Waals surface area contributed by atoms with Gasteiger partial charge in [-0.2, -0.15) is 0 Å². The van der Waals surface area contributed by atoms with Crippen LogP contribution in [0.1, 0.15) is 110 Å². The molecule has 0 amide bonds. The summed E-state index contributed by atoms with van der Waals surface area (Å²) in [6.07, 6.45) is 21.1. The van der Waals surface area contributed by atoms with Gasteiger partial charge in [0.15, 0.2) is 3.57 Å². The molecular formula is C24H44IO8P. The number of hydrogen-bond donors (Lipinski definition) is 4. The van der Waals surface area contributed by atoms with Gasteiger partial charge < -0.3 is 24.5 Å². The van der Waals surface area contributed by atoms with E-state index in [1.54, 1.807) is 12.1 Å². The van der Waals surface area contributed by atoms with Crippen LogP contribution in [0.25, 0.3) is 0 Å². The van der Waals surface area contributed by atoms with Crippen LogP contribution in [-0.4, -0.2) is 26.4 Å². The molecule has 1 rings (SSSR count). The van der Waals surface area contributed by atoms with Gasteiger partial charge in [-0.3, -0.25) is 0 Å². The second-order valence-electron chi connectivity index (χ2n) is 8.47. The van der Waals surface area contributed by atoms with Gasteiger partial charge in [0.2, 0.25) is 0 Å². The van der Waals surface area contributed by atoms with E-state index in [1.165, 1.54) is 96.0 Å². The van der Waals surface area contributed by atoms with Crippen molar-refractivity contribution in [2.45, 2.75) is 110 Å². The summed E-state index contributed by atoms with van der Waals surface area (Å²) in [5.41, 5.74) is 0. The third-order valence-electron chi connectivity index (χ3n) is 5.35. The van der Waals surface area contributed by atoms with Crippen LogP contribution in [0.4, 0.5) is 0 Å². The molecule has 0 saturated carbocycles. The van der Waals surface area contributed by atoms with E-state index in [4.69, 9.17) is 24.0 Å². The van der Waals surface area contributed by atoms with Crippen LogP contribution >= 0.6 is 27.6 Å². The lowest BCUT2D eigenvalue weighted by atomic mass is 10.0. The van der Waals surface area contributed by atoms with Gasteiger partial charge >= 0.3 is 27.6 Å².